The molecule has 4 rings (SSSR count). The van der Waals surface area contributed by atoms with Crippen LogP contribution in [0.15, 0.2) is 66.9 Å². The quantitative estimate of drug-likeness (QED) is 0.738. The molecule has 0 bridgehead atoms. The average molecular weight is 366 g/mol. The number of hydrogen-bond donors (Lipinski definition) is 1. The van der Waals surface area contributed by atoms with E-state index in [1.807, 2.05) is 48.5 Å². The third kappa shape index (κ3) is 2.86. The Balaban J connectivity index is 1.74. The summed E-state index contributed by atoms with van der Waals surface area (Å²) in [6, 6.07) is 18.6. The number of methoxy groups -OCH3 is 1. The first-order valence-electron chi connectivity index (χ1n) is 8.12. The van der Waals surface area contributed by atoms with Crippen LogP contribution in [0, 0.1) is 0 Å². The van der Waals surface area contributed by atoms with Gasteiger partial charge >= 0.3 is 0 Å². The fourth-order valence-corrected chi connectivity index (χ4v) is 3.16. The van der Waals surface area contributed by atoms with Crippen molar-refractivity contribution in [3.63, 3.8) is 0 Å². The van der Waals surface area contributed by atoms with Gasteiger partial charge in [0.25, 0.3) is 5.91 Å². The maximum absolute atomic E-state index is 13.0. The number of amides is 1. The first-order chi connectivity index (χ1) is 12.7. The molecular formula is C20H16ClN3O2. The summed E-state index contributed by atoms with van der Waals surface area (Å²) in [7, 11) is 1.63. The summed E-state index contributed by atoms with van der Waals surface area (Å²) in [6.07, 6.45) is 1.18. The van der Waals surface area contributed by atoms with Crippen molar-refractivity contribution in [2.24, 2.45) is 0 Å². The molecule has 1 amide bonds. The standard InChI is InChI=1S/C20H16ClN3O2/c1-26-15-9-7-14(8-10-15)23-19-16-4-2-3-5-17(16)20(25)24(19)18-11-6-13(21)12-22-18/h2-12,19,23H,1H3/t19-/m1/s1. The van der Waals surface area contributed by atoms with Crippen molar-refractivity contribution < 1.29 is 9.53 Å². The average Bonchev–Trinajstić information content (AvgIpc) is 2.95. The highest BCUT2D eigenvalue weighted by molar-refractivity contribution is 6.30. The zero-order valence-corrected chi connectivity index (χ0v) is 14.8. The van der Waals surface area contributed by atoms with E-state index in [9.17, 15) is 4.79 Å². The van der Waals surface area contributed by atoms with Crippen LogP contribution in [0.25, 0.3) is 0 Å². The number of benzene rings is 2. The fourth-order valence-electron chi connectivity index (χ4n) is 3.05. The van der Waals surface area contributed by atoms with Gasteiger partial charge in [0.1, 0.15) is 17.7 Å². The molecule has 2 aromatic carbocycles. The minimum absolute atomic E-state index is 0.0959. The van der Waals surface area contributed by atoms with Gasteiger partial charge in [-0.3, -0.25) is 9.69 Å². The highest BCUT2D eigenvalue weighted by atomic mass is 35.5. The number of anilines is 2. The van der Waals surface area contributed by atoms with Crippen LogP contribution in [0.2, 0.25) is 5.02 Å². The number of hydrogen-bond acceptors (Lipinski definition) is 4. The zero-order chi connectivity index (χ0) is 18.1. The highest BCUT2D eigenvalue weighted by Gasteiger charge is 2.38. The number of nitrogens with zero attached hydrogens (tertiary/aromatic N) is 2. The van der Waals surface area contributed by atoms with E-state index in [2.05, 4.69) is 10.3 Å². The summed E-state index contributed by atoms with van der Waals surface area (Å²) in [5.74, 6) is 1.22. The lowest BCUT2D eigenvalue weighted by atomic mass is 10.1. The van der Waals surface area contributed by atoms with Gasteiger partial charge in [0, 0.05) is 23.0 Å². The van der Waals surface area contributed by atoms with Crippen molar-refractivity contribution in [3.8, 4) is 5.75 Å². The second-order valence-corrected chi connectivity index (χ2v) is 6.31. The second kappa shape index (κ2) is 6.69. The number of pyridine rings is 1. The maximum atomic E-state index is 13.0. The van der Waals surface area contributed by atoms with Crippen molar-refractivity contribution in [2.45, 2.75) is 6.17 Å². The number of carbonyl (C=O) groups is 1. The van der Waals surface area contributed by atoms with Gasteiger partial charge in [-0.05, 0) is 42.5 Å². The maximum Gasteiger partial charge on any atom is 0.261 e. The number of fused-ring (bicyclic) bond motifs is 1. The molecule has 1 aliphatic rings. The fraction of sp³-hybridized carbons (Fsp3) is 0.100. The van der Waals surface area contributed by atoms with Gasteiger partial charge < -0.3 is 10.1 Å². The second-order valence-electron chi connectivity index (χ2n) is 5.87. The van der Waals surface area contributed by atoms with Crippen LogP contribution in [-0.2, 0) is 0 Å². The van der Waals surface area contributed by atoms with Gasteiger partial charge in [0.15, 0.2) is 0 Å². The molecule has 0 radical (unpaired) electrons. The third-order valence-electron chi connectivity index (χ3n) is 4.31. The minimum atomic E-state index is -0.360. The molecule has 1 N–H and O–H groups in total. The van der Waals surface area contributed by atoms with Crippen molar-refractivity contribution in [2.75, 3.05) is 17.3 Å². The lowest BCUT2D eigenvalue weighted by molar-refractivity contribution is 0.0992. The van der Waals surface area contributed by atoms with Crippen LogP contribution >= 0.6 is 11.6 Å². The molecule has 3 aromatic rings. The molecule has 5 nitrogen and oxygen atoms in total. The summed E-state index contributed by atoms with van der Waals surface area (Å²) >= 11 is 5.95. The van der Waals surface area contributed by atoms with Gasteiger partial charge in [0.2, 0.25) is 0 Å². The Morgan fingerprint density at radius 2 is 1.85 bits per heavy atom. The van der Waals surface area contributed by atoms with Crippen LogP contribution in [0.4, 0.5) is 11.5 Å². The molecule has 6 heteroatoms. The number of aromatic nitrogens is 1. The monoisotopic (exact) mass is 365 g/mol. The summed E-state index contributed by atoms with van der Waals surface area (Å²) in [5, 5.41) is 3.94. The Hall–Kier alpha value is -3.05. The molecule has 0 unspecified atom stereocenters. The Morgan fingerprint density at radius 1 is 1.08 bits per heavy atom. The van der Waals surface area contributed by atoms with E-state index in [0.717, 1.165) is 17.0 Å². The molecule has 26 heavy (non-hydrogen) atoms. The van der Waals surface area contributed by atoms with Crippen LogP contribution in [0.3, 0.4) is 0 Å². The third-order valence-corrected chi connectivity index (χ3v) is 4.54. The SMILES string of the molecule is COc1ccc(N[C@H]2c3ccccc3C(=O)N2c2ccc(Cl)cn2)cc1. The van der Waals surface area contributed by atoms with E-state index >= 15 is 0 Å². The van der Waals surface area contributed by atoms with Crippen LogP contribution in [0.1, 0.15) is 22.1 Å². The molecule has 1 atom stereocenters. The van der Waals surface area contributed by atoms with Crippen molar-refractivity contribution in [3.05, 3.63) is 83.0 Å². The van der Waals surface area contributed by atoms with E-state index in [1.54, 1.807) is 24.1 Å². The predicted molar refractivity (Wildman–Crippen MR) is 102 cm³/mol. The Kier molecular flexibility index (Phi) is 4.22. The van der Waals surface area contributed by atoms with Crippen LogP contribution < -0.4 is 15.0 Å². The normalized spacial score (nSPS) is 15.7. The first-order valence-corrected chi connectivity index (χ1v) is 8.50. The topological polar surface area (TPSA) is 54.5 Å². The predicted octanol–water partition coefficient (Wildman–Crippen LogP) is 4.51. The molecule has 0 aliphatic carbocycles. The zero-order valence-electron chi connectivity index (χ0n) is 14.0. The molecule has 0 saturated carbocycles. The van der Waals surface area contributed by atoms with E-state index in [0.29, 0.717) is 16.4 Å². The molecule has 2 heterocycles. The minimum Gasteiger partial charge on any atom is -0.497 e. The van der Waals surface area contributed by atoms with E-state index < -0.39 is 0 Å². The Bertz CT molecular complexity index is 942. The number of rotatable bonds is 4. The van der Waals surface area contributed by atoms with Crippen molar-refractivity contribution in [1.82, 2.24) is 4.98 Å². The smallest absolute Gasteiger partial charge is 0.261 e. The number of carbonyl (C=O) groups excluding carboxylic acids is 1. The van der Waals surface area contributed by atoms with Gasteiger partial charge in [-0.2, -0.15) is 0 Å². The highest BCUT2D eigenvalue weighted by Crippen LogP contribution is 2.37. The Labute approximate surface area is 156 Å². The van der Waals surface area contributed by atoms with Gasteiger partial charge in [-0.1, -0.05) is 29.8 Å². The number of nitrogens with one attached hydrogen (secondary N) is 1. The van der Waals surface area contributed by atoms with Crippen molar-refractivity contribution >= 4 is 29.0 Å². The summed E-state index contributed by atoms with van der Waals surface area (Å²) in [5.41, 5.74) is 2.44. The largest absolute Gasteiger partial charge is 0.497 e. The summed E-state index contributed by atoms with van der Waals surface area (Å²) in [4.78, 5) is 18.9. The molecule has 1 aliphatic heterocycles. The van der Waals surface area contributed by atoms with Gasteiger partial charge in [-0.15, -0.1) is 0 Å². The molecule has 1 aromatic heterocycles. The molecule has 130 valence electrons. The molecule has 0 fully saturated rings. The van der Waals surface area contributed by atoms with E-state index in [4.69, 9.17) is 16.3 Å². The Morgan fingerprint density at radius 3 is 2.54 bits per heavy atom. The summed E-state index contributed by atoms with van der Waals surface area (Å²) in [6.45, 7) is 0. The van der Waals surface area contributed by atoms with Crippen LogP contribution in [0.5, 0.6) is 5.75 Å². The molecular weight excluding hydrogens is 350 g/mol. The van der Waals surface area contributed by atoms with Crippen molar-refractivity contribution in [1.29, 1.82) is 0 Å². The van der Waals surface area contributed by atoms with Crippen LogP contribution in [-0.4, -0.2) is 18.0 Å². The number of ether oxygens (including phenoxy) is 1. The van der Waals surface area contributed by atoms with Gasteiger partial charge in [-0.25, -0.2) is 4.98 Å². The summed E-state index contributed by atoms with van der Waals surface area (Å²) < 4.78 is 5.20. The van der Waals surface area contributed by atoms with Gasteiger partial charge in [0.05, 0.1) is 12.1 Å². The molecule has 0 spiro atoms. The lowest BCUT2D eigenvalue weighted by Gasteiger charge is -2.26. The lowest BCUT2D eigenvalue weighted by Crippen LogP contribution is -2.32. The number of halogens is 1. The first kappa shape index (κ1) is 16.4. The molecule has 0 saturated heterocycles. The van der Waals surface area contributed by atoms with E-state index in [1.165, 1.54) is 6.20 Å². The van der Waals surface area contributed by atoms with E-state index in [-0.39, 0.29) is 12.1 Å².